The fourth-order valence-electron chi connectivity index (χ4n) is 0.951. The highest BCUT2D eigenvalue weighted by molar-refractivity contribution is 7.03. The van der Waals surface area contributed by atoms with E-state index in [4.69, 9.17) is 4.74 Å². The Morgan fingerprint density at radius 1 is 1.58 bits per heavy atom. The van der Waals surface area contributed by atoms with Gasteiger partial charge in [0.25, 0.3) is 0 Å². The molecule has 0 aliphatic heterocycles. The first-order valence-electron chi connectivity index (χ1n) is 3.83. The number of methoxy groups -OCH3 is 1. The van der Waals surface area contributed by atoms with Gasteiger partial charge >= 0.3 is 0 Å². The van der Waals surface area contributed by atoms with E-state index in [1.165, 1.54) is 11.5 Å². The number of nitrogens with zero attached hydrogens (tertiary/aromatic N) is 1. The fourth-order valence-corrected chi connectivity index (χ4v) is 1.71. The van der Waals surface area contributed by atoms with Crippen LogP contribution in [0.3, 0.4) is 0 Å². The normalized spacial score (nSPS) is 15.7. The van der Waals surface area contributed by atoms with Crippen LogP contribution in [-0.2, 0) is 0 Å². The summed E-state index contributed by atoms with van der Waals surface area (Å²) in [6.07, 6.45) is -0.365. The molecule has 2 atom stereocenters. The summed E-state index contributed by atoms with van der Waals surface area (Å²) in [7, 11) is 1.59. The largest absolute Gasteiger partial charge is 0.480 e. The highest BCUT2D eigenvalue weighted by Crippen LogP contribution is 2.28. The molecule has 12 heavy (non-hydrogen) atoms. The van der Waals surface area contributed by atoms with Crippen LogP contribution in [-0.4, -0.2) is 22.7 Å². The van der Waals surface area contributed by atoms with Crippen LogP contribution < -0.4 is 4.74 Å². The van der Waals surface area contributed by atoms with Crippen LogP contribution in [0.2, 0.25) is 0 Å². The van der Waals surface area contributed by atoms with Crippen LogP contribution in [0.4, 0.5) is 0 Å². The third-order valence-corrected chi connectivity index (χ3v) is 2.60. The van der Waals surface area contributed by atoms with Crippen molar-refractivity contribution in [3.8, 4) is 5.88 Å². The van der Waals surface area contributed by atoms with Crippen molar-refractivity contribution in [3.63, 3.8) is 0 Å². The summed E-state index contributed by atoms with van der Waals surface area (Å²) >= 11 is 1.35. The van der Waals surface area contributed by atoms with Gasteiger partial charge in [-0.2, -0.15) is 4.37 Å². The first-order valence-corrected chi connectivity index (χ1v) is 4.66. The smallest absolute Gasteiger partial charge is 0.228 e. The Balaban J connectivity index is 2.86. The molecule has 1 heterocycles. The average molecular weight is 187 g/mol. The molecule has 1 aromatic rings. The average Bonchev–Trinajstić information content (AvgIpc) is 2.49. The summed E-state index contributed by atoms with van der Waals surface area (Å²) in [6, 6.07) is 0. The molecule has 1 N–H and O–H groups in total. The summed E-state index contributed by atoms with van der Waals surface area (Å²) < 4.78 is 9.09. The molecule has 0 saturated carbocycles. The molecule has 0 aliphatic rings. The molecule has 1 rings (SSSR count). The molecule has 0 fully saturated rings. The molecule has 0 bridgehead atoms. The third-order valence-electron chi connectivity index (χ3n) is 1.97. The van der Waals surface area contributed by atoms with Gasteiger partial charge in [-0.25, -0.2) is 0 Å². The number of ether oxygens (including phenoxy) is 1. The lowest BCUT2D eigenvalue weighted by Gasteiger charge is -2.13. The van der Waals surface area contributed by atoms with E-state index in [0.29, 0.717) is 5.88 Å². The molecule has 1 aromatic heterocycles. The van der Waals surface area contributed by atoms with Crippen LogP contribution >= 0.6 is 11.5 Å². The minimum Gasteiger partial charge on any atom is -0.480 e. The quantitative estimate of drug-likeness (QED) is 0.782. The predicted molar refractivity (Wildman–Crippen MR) is 48.8 cm³/mol. The monoisotopic (exact) mass is 187 g/mol. The number of aromatic nitrogens is 1. The molecule has 0 radical (unpaired) electrons. The van der Waals surface area contributed by atoms with Gasteiger partial charge in [-0.15, -0.1) is 0 Å². The fraction of sp³-hybridized carbons (Fsp3) is 0.625. The molecule has 0 saturated heterocycles. The summed E-state index contributed by atoms with van der Waals surface area (Å²) in [5.74, 6) is 0.715. The first kappa shape index (κ1) is 9.48. The van der Waals surface area contributed by atoms with Gasteiger partial charge in [0.05, 0.1) is 13.2 Å². The summed E-state index contributed by atoms with van der Waals surface area (Å²) in [6.45, 7) is 3.72. The van der Waals surface area contributed by atoms with E-state index in [1.807, 2.05) is 12.3 Å². The lowest BCUT2D eigenvalue weighted by atomic mass is 10.00. The van der Waals surface area contributed by atoms with Gasteiger partial charge < -0.3 is 9.84 Å². The predicted octanol–water partition coefficient (Wildman–Crippen LogP) is 1.64. The minimum atomic E-state index is -0.365. The first-order chi connectivity index (χ1) is 5.66. The molecule has 0 aromatic carbocycles. The lowest BCUT2D eigenvalue weighted by molar-refractivity contribution is 0.167. The Bertz CT molecular complexity index is 247. The standard InChI is InChI=1S/C8H13NO2S/c1-5(6(2)10)7-4-12-9-8(7)11-3/h4-6,10H,1-3H3. The maximum atomic E-state index is 9.33. The summed E-state index contributed by atoms with van der Waals surface area (Å²) in [5, 5.41) is 11.2. The minimum absolute atomic E-state index is 0.0821. The SMILES string of the molecule is COc1nscc1C(C)C(C)O. The van der Waals surface area contributed by atoms with E-state index in [-0.39, 0.29) is 12.0 Å². The second-order valence-electron chi connectivity index (χ2n) is 2.81. The number of aliphatic hydroxyl groups is 1. The highest BCUT2D eigenvalue weighted by Gasteiger charge is 2.17. The zero-order chi connectivity index (χ0) is 9.14. The summed E-state index contributed by atoms with van der Waals surface area (Å²) in [5.41, 5.74) is 0.984. The lowest BCUT2D eigenvalue weighted by Crippen LogP contribution is -2.11. The zero-order valence-corrected chi connectivity index (χ0v) is 8.26. The van der Waals surface area contributed by atoms with E-state index in [9.17, 15) is 5.11 Å². The van der Waals surface area contributed by atoms with Gasteiger partial charge in [0, 0.05) is 16.9 Å². The van der Waals surface area contributed by atoms with Crippen molar-refractivity contribution in [2.45, 2.75) is 25.9 Å². The van der Waals surface area contributed by atoms with Gasteiger partial charge in [-0.05, 0) is 18.5 Å². The molecular formula is C8H13NO2S. The van der Waals surface area contributed by atoms with Crippen molar-refractivity contribution in [2.24, 2.45) is 0 Å². The Labute approximate surface area is 76.2 Å². The van der Waals surface area contributed by atoms with Crippen LogP contribution in [0, 0.1) is 0 Å². The number of hydrogen-bond acceptors (Lipinski definition) is 4. The van der Waals surface area contributed by atoms with Crippen molar-refractivity contribution in [2.75, 3.05) is 7.11 Å². The molecular weight excluding hydrogens is 174 g/mol. The van der Waals surface area contributed by atoms with Crippen molar-refractivity contribution in [3.05, 3.63) is 10.9 Å². The van der Waals surface area contributed by atoms with Crippen LogP contribution in [0.25, 0.3) is 0 Å². The Kier molecular flexibility index (Phi) is 3.05. The van der Waals surface area contributed by atoms with Crippen molar-refractivity contribution >= 4 is 11.5 Å². The van der Waals surface area contributed by atoms with Crippen molar-refractivity contribution in [1.82, 2.24) is 4.37 Å². The van der Waals surface area contributed by atoms with E-state index in [2.05, 4.69) is 4.37 Å². The van der Waals surface area contributed by atoms with Crippen LogP contribution in [0.15, 0.2) is 5.38 Å². The summed E-state index contributed by atoms with van der Waals surface area (Å²) in [4.78, 5) is 0. The van der Waals surface area contributed by atoms with E-state index >= 15 is 0 Å². The second-order valence-corrected chi connectivity index (χ2v) is 3.44. The van der Waals surface area contributed by atoms with E-state index < -0.39 is 0 Å². The van der Waals surface area contributed by atoms with E-state index in [1.54, 1.807) is 14.0 Å². The molecule has 68 valence electrons. The topological polar surface area (TPSA) is 42.4 Å². The molecule has 3 nitrogen and oxygen atoms in total. The Morgan fingerprint density at radius 2 is 2.25 bits per heavy atom. The number of aliphatic hydroxyl groups excluding tert-OH is 1. The Morgan fingerprint density at radius 3 is 2.75 bits per heavy atom. The second kappa shape index (κ2) is 3.87. The highest BCUT2D eigenvalue weighted by atomic mass is 32.1. The van der Waals surface area contributed by atoms with Crippen LogP contribution in [0.1, 0.15) is 25.3 Å². The Hall–Kier alpha value is -0.610. The number of rotatable bonds is 3. The van der Waals surface area contributed by atoms with Crippen LogP contribution in [0.5, 0.6) is 5.88 Å². The van der Waals surface area contributed by atoms with Gasteiger partial charge in [0.2, 0.25) is 5.88 Å². The van der Waals surface area contributed by atoms with Gasteiger partial charge in [-0.1, -0.05) is 6.92 Å². The maximum absolute atomic E-state index is 9.33. The van der Waals surface area contributed by atoms with Gasteiger partial charge in [-0.3, -0.25) is 0 Å². The van der Waals surface area contributed by atoms with Crippen molar-refractivity contribution < 1.29 is 9.84 Å². The molecule has 0 spiro atoms. The third kappa shape index (κ3) is 1.76. The van der Waals surface area contributed by atoms with E-state index in [0.717, 1.165) is 5.56 Å². The van der Waals surface area contributed by atoms with Gasteiger partial charge in [0.15, 0.2) is 0 Å². The molecule has 4 heteroatoms. The maximum Gasteiger partial charge on any atom is 0.228 e. The molecule has 0 aliphatic carbocycles. The number of hydrogen-bond donors (Lipinski definition) is 1. The molecule has 0 amide bonds. The van der Waals surface area contributed by atoms with Crippen molar-refractivity contribution in [1.29, 1.82) is 0 Å². The molecule has 2 unspecified atom stereocenters. The van der Waals surface area contributed by atoms with Gasteiger partial charge in [0.1, 0.15) is 0 Å². The zero-order valence-electron chi connectivity index (χ0n) is 7.44.